The Morgan fingerprint density at radius 2 is 2.21 bits per heavy atom. The van der Waals surface area contributed by atoms with Crippen LogP contribution in [-0.4, -0.2) is 43.3 Å². The molecule has 1 aromatic carbocycles. The third-order valence-corrected chi connectivity index (χ3v) is 2.92. The zero-order valence-electron chi connectivity index (χ0n) is 11.0. The number of benzene rings is 1. The van der Waals surface area contributed by atoms with E-state index in [9.17, 15) is 4.79 Å². The highest BCUT2D eigenvalue weighted by Crippen LogP contribution is 2.21. The number of aromatic carboxylic acids is 1. The predicted molar refractivity (Wildman–Crippen MR) is 71.4 cm³/mol. The van der Waals surface area contributed by atoms with Crippen molar-refractivity contribution >= 4 is 16.9 Å². The van der Waals surface area contributed by atoms with Crippen molar-refractivity contribution in [1.82, 2.24) is 4.90 Å². The Balaban J connectivity index is 2.14. The molecule has 0 atom stereocenters. The minimum absolute atomic E-state index is 0.0279. The van der Waals surface area contributed by atoms with Crippen molar-refractivity contribution in [2.45, 2.75) is 6.54 Å². The molecule has 2 aromatic rings. The maximum absolute atomic E-state index is 10.8. The summed E-state index contributed by atoms with van der Waals surface area (Å²) in [6.45, 7) is 2.32. The minimum atomic E-state index is -1.05. The van der Waals surface area contributed by atoms with Gasteiger partial charge in [0.25, 0.3) is 0 Å². The van der Waals surface area contributed by atoms with E-state index in [1.165, 1.54) is 0 Å². The van der Waals surface area contributed by atoms with Gasteiger partial charge >= 0.3 is 5.97 Å². The molecule has 0 bridgehead atoms. The van der Waals surface area contributed by atoms with Crippen LogP contribution in [0.3, 0.4) is 0 Å². The van der Waals surface area contributed by atoms with Crippen LogP contribution in [0.1, 0.15) is 16.1 Å². The number of carbonyl (C=O) groups is 1. The molecule has 1 heterocycles. The summed E-state index contributed by atoms with van der Waals surface area (Å²) >= 11 is 0. The smallest absolute Gasteiger partial charge is 0.371 e. The molecule has 0 saturated carbocycles. The molecule has 0 fully saturated rings. The van der Waals surface area contributed by atoms with E-state index in [1.807, 2.05) is 19.2 Å². The lowest BCUT2D eigenvalue weighted by Crippen LogP contribution is -2.22. The summed E-state index contributed by atoms with van der Waals surface area (Å²) in [5.74, 6) is -1.07. The average molecular weight is 263 g/mol. The lowest BCUT2D eigenvalue weighted by molar-refractivity contribution is 0.0665. The summed E-state index contributed by atoms with van der Waals surface area (Å²) in [6, 6.07) is 7.26. The number of likely N-dealkylation sites (N-methyl/N-ethyl adjacent to an activating group) is 1. The molecule has 0 aliphatic heterocycles. The summed E-state index contributed by atoms with van der Waals surface area (Å²) < 4.78 is 10.2. The number of carboxylic acid groups (broad SMARTS) is 1. The number of rotatable bonds is 6. The van der Waals surface area contributed by atoms with E-state index in [0.717, 1.165) is 24.0 Å². The molecule has 1 N–H and O–H groups in total. The third kappa shape index (κ3) is 3.33. The molecule has 2 rings (SSSR count). The molecular weight excluding hydrogens is 246 g/mol. The molecule has 0 spiro atoms. The molecule has 0 aliphatic carbocycles. The van der Waals surface area contributed by atoms with Crippen LogP contribution < -0.4 is 0 Å². The molecule has 5 nitrogen and oxygen atoms in total. The Labute approximate surface area is 111 Å². The van der Waals surface area contributed by atoms with Gasteiger partial charge in [0.05, 0.1) is 6.61 Å². The highest BCUT2D eigenvalue weighted by molar-refractivity contribution is 5.91. The first kappa shape index (κ1) is 13.6. The fourth-order valence-electron chi connectivity index (χ4n) is 1.93. The molecule has 0 radical (unpaired) electrons. The quantitative estimate of drug-likeness (QED) is 0.865. The van der Waals surface area contributed by atoms with Crippen LogP contribution in [0.2, 0.25) is 0 Å². The Morgan fingerprint density at radius 1 is 1.42 bits per heavy atom. The van der Waals surface area contributed by atoms with Gasteiger partial charge in [-0.3, -0.25) is 4.90 Å². The molecule has 0 unspecified atom stereocenters. The minimum Gasteiger partial charge on any atom is -0.475 e. The topological polar surface area (TPSA) is 62.9 Å². The average Bonchev–Trinajstić information content (AvgIpc) is 2.79. The lowest BCUT2D eigenvalue weighted by Gasteiger charge is -2.15. The number of furan rings is 1. The summed E-state index contributed by atoms with van der Waals surface area (Å²) in [4.78, 5) is 13.0. The number of methoxy groups -OCH3 is 1. The Bertz CT molecular complexity index is 576. The van der Waals surface area contributed by atoms with Crippen molar-refractivity contribution < 1.29 is 19.1 Å². The highest BCUT2D eigenvalue weighted by Gasteiger charge is 2.11. The SMILES string of the molecule is COCCN(C)Cc1ccc2oc(C(=O)O)cc2c1. The van der Waals surface area contributed by atoms with E-state index >= 15 is 0 Å². The van der Waals surface area contributed by atoms with Gasteiger partial charge in [0, 0.05) is 25.6 Å². The standard InChI is InChI=1S/C14H17NO4/c1-15(5-6-18-2)9-10-3-4-12-11(7-10)8-13(19-12)14(16)17/h3-4,7-8H,5-6,9H2,1-2H3,(H,16,17). The van der Waals surface area contributed by atoms with E-state index in [4.69, 9.17) is 14.3 Å². The summed E-state index contributed by atoms with van der Waals surface area (Å²) in [7, 11) is 3.69. The van der Waals surface area contributed by atoms with Crippen molar-refractivity contribution in [2.75, 3.05) is 27.3 Å². The van der Waals surface area contributed by atoms with Crippen LogP contribution in [-0.2, 0) is 11.3 Å². The van der Waals surface area contributed by atoms with Crippen LogP contribution in [0.4, 0.5) is 0 Å². The predicted octanol–water partition coefficient (Wildman–Crippen LogP) is 2.21. The third-order valence-electron chi connectivity index (χ3n) is 2.92. The maximum atomic E-state index is 10.8. The van der Waals surface area contributed by atoms with Crippen LogP contribution >= 0.6 is 0 Å². The molecule has 1 aromatic heterocycles. The molecule has 0 aliphatic rings. The molecule has 0 saturated heterocycles. The van der Waals surface area contributed by atoms with Crippen LogP contribution in [0, 0.1) is 0 Å². The van der Waals surface area contributed by atoms with Gasteiger partial charge in [-0.15, -0.1) is 0 Å². The Hall–Kier alpha value is -1.85. The van der Waals surface area contributed by atoms with Gasteiger partial charge in [0.2, 0.25) is 5.76 Å². The number of hydrogen-bond acceptors (Lipinski definition) is 4. The fourth-order valence-corrected chi connectivity index (χ4v) is 1.93. The number of carboxylic acids is 1. The van der Waals surface area contributed by atoms with Crippen molar-refractivity contribution in [2.24, 2.45) is 0 Å². The van der Waals surface area contributed by atoms with Gasteiger partial charge in [-0.1, -0.05) is 6.07 Å². The monoisotopic (exact) mass is 263 g/mol. The van der Waals surface area contributed by atoms with Gasteiger partial charge in [0.15, 0.2) is 0 Å². The second-order valence-electron chi connectivity index (χ2n) is 4.52. The summed E-state index contributed by atoms with van der Waals surface area (Å²) in [5.41, 5.74) is 1.71. The first-order valence-electron chi connectivity index (χ1n) is 6.03. The number of nitrogens with zero attached hydrogens (tertiary/aromatic N) is 1. The van der Waals surface area contributed by atoms with E-state index < -0.39 is 5.97 Å². The number of fused-ring (bicyclic) bond motifs is 1. The molecule has 19 heavy (non-hydrogen) atoms. The second kappa shape index (κ2) is 5.86. The molecule has 5 heteroatoms. The van der Waals surface area contributed by atoms with Gasteiger partial charge < -0.3 is 14.3 Å². The van der Waals surface area contributed by atoms with E-state index in [2.05, 4.69) is 4.90 Å². The number of ether oxygens (including phenoxy) is 1. The van der Waals surface area contributed by atoms with Gasteiger partial charge in [-0.25, -0.2) is 4.79 Å². The van der Waals surface area contributed by atoms with Crippen molar-refractivity contribution in [3.05, 3.63) is 35.6 Å². The fraction of sp³-hybridized carbons (Fsp3) is 0.357. The summed E-state index contributed by atoms with van der Waals surface area (Å²) in [5, 5.41) is 9.70. The second-order valence-corrected chi connectivity index (χ2v) is 4.52. The van der Waals surface area contributed by atoms with E-state index in [-0.39, 0.29) is 5.76 Å². The van der Waals surface area contributed by atoms with Crippen LogP contribution in [0.15, 0.2) is 28.7 Å². The molecule has 0 amide bonds. The lowest BCUT2D eigenvalue weighted by atomic mass is 10.1. The summed E-state index contributed by atoms with van der Waals surface area (Å²) in [6.07, 6.45) is 0. The zero-order valence-corrected chi connectivity index (χ0v) is 11.0. The van der Waals surface area contributed by atoms with Gasteiger partial charge in [-0.05, 0) is 30.8 Å². The van der Waals surface area contributed by atoms with Crippen LogP contribution in [0.5, 0.6) is 0 Å². The Morgan fingerprint density at radius 3 is 2.89 bits per heavy atom. The van der Waals surface area contributed by atoms with Gasteiger partial charge in [0.1, 0.15) is 5.58 Å². The van der Waals surface area contributed by atoms with E-state index in [0.29, 0.717) is 12.2 Å². The first-order chi connectivity index (χ1) is 9.10. The maximum Gasteiger partial charge on any atom is 0.371 e. The first-order valence-corrected chi connectivity index (χ1v) is 6.03. The van der Waals surface area contributed by atoms with Gasteiger partial charge in [-0.2, -0.15) is 0 Å². The highest BCUT2D eigenvalue weighted by atomic mass is 16.5. The molecule has 102 valence electrons. The number of hydrogen-bond donors (Lipinski definition) is 1. The zero-order chi connectivity index (χ0) is 13.8. The normalized spacial score (nSPS) is 11.3. The van der Waals surface area contributed by atoms with Crippen molar-refractivity contribution in [3.63, 3.8) is 0 Å². The van der Waals surface area contributed by atoms with Crippen molar-refractivity contribution in [1.29, 1.82) is 0 Å². The van der Waals surface area contributed by atoms with Crippen molar-refractivity contribution in [3.8, 4) is 0 Å². The molecular formula is C14H17NO4. The van der Waals surface area contributed by atoms with E-state index in [1.54, 1.807) is 19.2 Å². The largest absolute Gasteiger partial charge is 0.475 e. The van der Waals surface area contributed by atoms with Crippen LogP contribution in [0.25, 0.3) is 11.0 Å². The Kier molecular flexibility index (Phi) is 4.19.